The van der Waals surface area contributed by atoms with E-state index in [1.165, 1.54) is 0 Å². The molecule has 0 unspecified atom stereocenters. The highest BCUT2D eigenvalue weighted by Gasteiger charge is 2.49. The lowest BCUT2D eigenvalue weighted by atomic mass is 10.2. The fourth-order valence-corrected chi connectivity index (χ4v) is 1.85. The molecule has 0 heterocycles. The summed E-state index contributed by atoms with van der Waals surface area (Å²) in [4.78, 5) is 24.5. The van der Waals surface area contributed by atoms with Crippen molar-refractivity contribution in [3.8, 4) is 0 Å². The Labute approximate surface area is 123 Å². The molecule has 116 valence electrons. The molecule has 21 heavy (non-hydrogen) atoms. The van der Waals surface area contributed by atoms with Crippen LogP contribution in [0.2, 0.25) is 0 Å². The first kappa shape index (κ1) is 16.9. The number of nitrogens with zero attached hydrogens (tertiary/aromatic N) is 1. The normalized spacial score (nSPS) is 11.0. The van der Waals surface area contributed by atoms with Gasteiger partial charge in [-0.05, 0) is 12.5 Å². The van der Waals surface area contributed by atoms with E-state index >= 15 is 0 Å². The summed E-state index contributed by atoms with van der Waals surface area (Å²) in [5.74, 6) is -3.70. The van der Waals surface area contributed by atoms with E-state index < -0.39 is 18.0 Å². The summed E-state index contributed by atoms with van der Waals surface area (Å²) in [6.07, 6.45) is -0.840. The third-order valence-electron chi connectivity index (χ3n) is 2.85. The quantitative estimate of drug-likeness (QED) is 0.771. The molecule has 0 saturated heterocycles. The van der Waals surface area contributed by atoms with Gasteiger partial charge >= 0.3 is 18.0 Å². The van der Waals surface area contributed by atoms with E-state index in [1.807, 2.05) is 6.07 Å². The van der Waals surface area contributed by atoms with Gasteiger partial charge in [0.15, 0.2) is 0 Å². The molecule has 0 aliphatic carbocycles. The summed E-state index contributed by atoms with van der Waals surface area (Å²) in [7, 11) is 2.30. The number of benzene rings is 1. The second-order valence-corrected chi connectivity index (χ2v) is 4.07. The first-order valence-electron chi connectivity index (χ1n) is 6.33. The molecule has 0 fully saturated rings. The second-order valence-electron chi connectivity index (χ2n) is 4.07. The van der Waals surface area contributed by atoms with Crippen molar-refractivity contribution in [3.63, 3.8) is 0 Å². The van der Waals surface area contributed by atoms with Crippen LogP contribution in [0, 0.1) is 0 Å². The van der Waals surface area contributed by atoms with Gasteiger partial charge in [-0.2, -0.15) is 0 Å². The van der Waals surface area contributed by atoms with Gasteiger partial charge in [0.2, 0.25) is 0 Å². The van der Waals surface area contributed by atoms with Gasteiger partial charge in [0.1, 0.15) is 0 Å². The highest BCUT2D eigenvalue weighted by molar-refractivity contribution is 5.81. The van der Waals surface area contributed by atoms with E-state index in [-0.39, 0.29) is 13.2 Å². The Kier molecular flexibility index (Phi) is 6.13. The van der Waals surface area contributed by atoms with Crippen LogP contribution in [-0.2, 0) is 25.5 Å². The Balaban J connectivity index is 3.17. The van der Waals surface area contributed by atoms with Crippen LogP contribution in [0.5, 0.6) is 0 Å². The summed E-state index contributed by atoms with van der Waals surface area (Å²) < 4.78 is 14.8. The largest absolute Gasteiger partial charge is 0.476 e. The van der Waals surface area contributed by atoms with Crippen molar-refractivity contribution in [3.05, 3.63) is 35.9 Å². The maximum atomic E-state index is 12.1. The Bertz CT molecular complexity index is 472. The molecule has 1 rings (SSSR count). The van der Waals surface area contributed by atoms with Crippen molar-refractivity contribution in [1.29, 1.82) is 0 Å². The highest BCUT2D eigenvalue weighted by atomic mass is 16.7. The van der Waals surface area contributed by atoms with Crippen LogP contribution in [0.25, 0.3) is 0 Å². The molecule has 1 aromatic carbocycles. The minimum absolute atomic E-state index is 0.0341. The number of hydrogen-bond donors (Lipinski definition) is 1. The number of methoxy groups -OCH3 is 2. The molecular formula is C14H19NO6. The average molecular weight is 297 g/mol. The van der Waals surface area contributed by atoms with Crippen LogP contribution in [-0.4, -0.2) is 48.8 Å². The van der Waals surface area contributed by atoms with Crippen LogP contribution >= 0.6 is 0 Å². The number of carbonyl (C=O) groups is 2. The van der Waals surface area contributed by atoms with E-state index in [1.54, 1.807) is 31.2 Å². The summed E-state index contributed by atoms with van der Waals surface area (Å²) in [6.45, 7) is 1.70. The van der Waals surface area contributed by atoms with Crippen molar-refractivity contribution in [2.45, 2.75) is 19.4 Å². The number of amides is 1. The summed E-state index contributed by atoms with van der Waals surface area (Å²) >= 11 is 0. The third kappa shape index (κ3) is 3.71. The molecule has 0 radical (unpaired) electrons. The molecule has 0 spiro atoms. The molecule has 0 aliphatic rings. The van der Waals surface area contributed by atoms with Gasteiger partial charge in [-0.1, -0.05) is 30.3 Å². The summed E-state index contributed by atoms with van der Waals surface area (Å²) in [5.41, 5.74) is 0.713. The summed E-state index contributed by atoms with van der Waals surface area (Å²) in [5, 5.41) is 9.39. The summed E-state index contributed by atoms with van der Waals surface area (Å²) in [6, 6.07) is 8.88. The number of carbonyl (C=O) groups excluding carboxylic acids is 1. The molecule has 1 N–H and O–H groups in total. The molecule has 7 heteroatoms. The topological polar surface area (TPSA) is 85.3 Å². The Morgan fingerprint density at radius 2 is 1.76 bits per heavy atom. The van der Waals surface area contributed by atoms with E-state index in [0.717, 1.165) is 19.1 Å². The zero-order chi connectivity index (χ0) is 15.9. The third-order valence-corrected chi connectivity index (χ3v) is 2.85. The van der Waals surface area contributed by atoms with Crippen molar-refractivity contribution in [2.75, 3.05) is 20.8 Å². The molecule has 7 nitrogen and oxygen atoms in total. The molecule has 1 aromatic rings. The molecule has 0 aromatic heterocycles. The number of hydrogen-bond acceptors (Lipinski definition) is 5. The Morgan fingerprint density at radius 1 is 1.19 bits per heavy atom. The number of carboxylic acid groups (broad SMARTS) is 1. The van der Waals surface area contributed by atoms with Gasteiger partial charge in [-0.25, -0.2) is 14.5 Å². The zero-order valence-corrected chi connectivity index (χ0v) is 12.2. The lowest BCUT2D eigenvalue weighted by Gasteiger charge is -2.36. The van der Waals surface area contributed by atoms with E-state index in [0.29, 0.717) is 5.56 Å². The molecule has 0 saturated carbocycles. The number of rotatable bonds is 7. The SMILES string of the molecule is CCOC(=O)N(Cc1ccccc1)C(OC)(OC)C(=O)O. The van der Waals surface area contributed by atoms with Crippen LogP contribution < -0.4 is 0 Å². The molecule has 0 atom stereocenters. The van der Waals surface area contributed by atoms with Crippen molar-refractivity contribution < 1.29 is 28.9 Å². The minimum atomic E-state index is -2.25. The Hall–Kier alpha value is -2.12. The number of carboxylic acids is 1. The van der Waals surface area contributed by atoms with Gasteiger partial charge in [0.05, 0.1) is 13.2 Å². The highest BCUT2D eigenvalue weighted by Crippen LogP contribution is 2.22. The zero-order valence-electron chi connectivity index (χ0n) is 12.2. The lowest BCUT2D eigenvalue weighted by Crippen LogP contribution is -2.59. The second kappa shape index (κ2) is 7.61. The number of aliphatic carboxylic acids is 1. The van der Waals surface area contributed by atoms with Crippen LogP contribution in [0.4, 0.5) is 4.79 Å². The average Bonchev–Trinajstić information content (AvgIpc) is 2.49. The fourth-order valence-electron chi connectivity index (χ4n) is 1.85. The van der Waals surface area contributed by atoms with Gasteiger partial charge in [-0.3, -0.25) is 0 Å². The van der Waals surface area contributed by atoms with Gasteiger partial charge < -0.3 is 19.3 Å². The minimum Gasteiger partial charge on any atom is -0.476 e. The maximum Gasteiger partial charge on any atom is 0.414 e. The fraction of sp³-hybridized carbons (Fsp3) is 0.429. The molecular weight excluding hydrogens is 278 g/mol. The van der Waals surface area contributed by atoms with Gasteiger partial charge in [0.25, 0.3) is 0 Å². The molecule has 0 bridgehead atoms. The van der Waals surface area contributed by atoms with Gasteiger partial charge in [-0.15, -0.1) is 0 Å². The van der Waals surface area contributed by atoms with E-state index in [9.17, 15) is 14.7 Å². The lowest BCUT2D eigenvalue weighted by molar-refractivity contribution is -0.280. The van der Waals surface area contributed by atoms with Crippen LogP contribution in [0.1, 0.15) is 12.5 Å². The maximum absolute atomic E-state index is 12.1. The van der Waals surface area contributed by atoms with Crippen molar-refractivity contribution in [2.24, 2.45) is 0 Å². The van der Waals surface area contributed by atoms with Crippen molar-refractivity contribution >= 4 is 12.1 Å². The molecule has 1 amide bonds. The number of ether oxygens (including phenoxy) is 3. The standard InChI is InChI=1S/C14H19NO6/c1-4-21-13(18)15(10-11-8-6-5-7-9-11)14(19-2,20-3)12(16)17/h5-9H,4,10H2,1-3H3,(H,16,17). The first-order valence-corrected chi connectivity index (χ1v) is 6.33. The monoisotopic (exact) mass is 297 g/mol. The molecule has 0 aliphatic heterocycles. The van der Waals surface area contributed by atoms with E-state index in [4.69, 9.17) is 14.2 Å². The van der Waals surface area contributed by atoms with Crippen molar-refractivity contribution in [1.82, 2.24) is 4.90 Å². The van der Waals surface area contributed by atoms with Crippen LogP contribution in [0.3, 0.4) is 0 Å². The van der Waals surface area contributed by atoms with Gasteiger partial charge in [0, 0.05) is 14.2 Å². The predicted octanol–water partition coefficient (Wildman–Crippen LogP) is 1.68. The first-order chi connectivity index (χ1) is 10.0. The van der Waals surface area contributed by atoms with Crippen LogP contribution in [0.15, 0.2) is 30.3 Å². The smallest absolute Gasteiger partial charge is 0.414 e. The predicted molar refractivity (Wildman–Crippen MR) is 73.4 cm³/mol. The van der Waals surface area contributed by atoms with E-state index in [2.05, 4.69) is 0 Å². The Morgan fingerprint density at radius 3 is 2.19 bits per heavy atom.